The molecule has 0 bridgehead atoms. The van der Waals surface area contributed by atoms with E-state index < -0.39 is 11.6 Å². The van der Waals surface area contributed by atoms with Gasteiger partial charge < -0.3 is 14.7 Å². The summed E-state index contributed by atoms with van der Waals surface area (Å²) < 4.78 is 29.7. The molecule has 4 rings (SSSR count). The van der Waals surface area contributed by atoms with Gasteiger partial charge in [0.25, 0.3) is 0 Å². The van der Waals surface area contributed by atoms with Crippen LogP contribution in [0.3, 0.4) is 0 Å². The first-order valence-electron chi connectivity index (χ1n) is 8.01. The van der Waals surface area contributed by atoms with Gasteiger partial charge in [0.2, 0.25) is 0 Å². The fourth-order valence-electron chi connectivity index (χ4n) is 3.63. The van der Waals surface area contributed by atoms with E-state index >= 15 is 0 Å². The molecule has 4 nitrogen and oxygen atoms in total. The second kappa shape index (κ2) is 5.46. The van der Waals surface area contributed by atoms with Gasteiger partial charge in [-0.3, -0.25) is 0 Å². The number of piperazine rings is 1. The number of amidine groups is 1. The highest BCUT2D eigenvalue weighted by Crippen LogP contribution is 2.44. The lowest BCUT2D eigenvalue weighted by atomic mass is 10.0. The molecule has 1 saturated heterocycles. The molecule has 3 aliphatic rings. The molecule has 0 aromatic heterocycles. The number of hydrogen-bond donors (Lipinski definition) is 0. The van der Waals surface area contributed by atoms with E-state index in [0.29, 0.717) is 27.8 Å². The van der Waals surface area contributed by atoms with Gasteiger partial charge in [-0.1, -0.05) is 6.58 Å². The van der Waals surface area contributed by atoms with E-state index in [4.69, 9.17) is 0 Å². The average Bonchev–Trinajstić information content (AvgIpc) is 2.70. The van der Waals surface area contributed by atoms with Gasteiger partial charge in [0, 0.05) is 38.0 Å². The Kier molecular flexibility index (Phi) is 3.61. The third-order valence-corrected chi connectivity index (χ3v) is 6.31. The molecule has 1 unspecified atom stereocenters. The van der Waals surface area contributed by atoms with Crippen molar-refractivity contribution in [1.29, 1.82) is 0 Å². The molecule has 0 aliphatic carbocycles. The van der Waals surface area contributed by atoms with Crippen molar-refractivity contribution in [3.05, 3.63) is 35.2 Å². The number of halogens is 2. The second-order valence-electron chi connectivity index (χ2n) is 6.64. The van der Waals surface area contributed by atoms with Crippen LogP contribution in [0.4, 0.5) is 14.5 Å². The summed E-state index contributed by atoms with van der Waals surface area (Å²) in [5.74, 6) is 0.934. The summed E-state index contributed by atoms with van der Waals surface area (Å²) in [6, 6.07) is 0.228. The molecule has 0 amide bonds. The maximum absolute atomic E-state index is 14.9. The minimum Gasteiger partial charge on any atom is -0.350 e. The first-order chi connectivity index (χ1) is 11.4. The fraction of sp³-hybridized carbons (Fsp3) is 0.471. The summed E-state index contributed by atoms with van der Waals surface area (Å²) in [5, 5.41) is 0. The summed E-state index contributed by atoms with van der Waals surface area (Å²) in [5.41, 5.74) is 1.04. The molecule has 1 aromatic carbocycles. The van der Waals surface area contributed by atoms with E-state index in [1.807, 2.05) is 0 Å². The summed E-state index contributed by atoms with van der Waals surface area (Å²) in [4.78, 5) is 11.2. The van der Waals surface area contributed by atoms with Crippen LogP contribution in [-0.2, 0) is 0 Å². The topological polar surface area (TPSA) is 22.1 Å². The molecule has 3 heterocycles. The van der Waals surface area contributed by atoms with E-state index in [-0.39, 0.29) is 11.6 Å². The zero-order valence-corrected chi connectivity index (χ0v) is 14.9. The Hall–Kier alpha value is -1.60. The summed E-state index contributed by atoms with van der Waals surface area (Å²) in [7, 11) is 3.82. The van der Waals surface area contributed by atoms with Gasteiger partial charge in [-0.05, 0) is 14.0 Å². The monoisotopic (exact) mass is 350 g/mol. The molecule has 7 heteroatoms. The summed E-state index contributed by atoms with van der Waals surface area (Å²) in [6.07, 6.45) is 0. The highest BCUT2D eigenvalue weighted by molar-refractivity contribution is 7.99. The number of rotatable bonds is 0. The van der Waals surface area contributed by atoms with Gasteiger partial charge in [-0.15, -0.1) is 11.8 Å². The number of nitrogens with zero attached hydrogens (tertiary/aromatic N) is 4. The van der Waals surface area contributed by atoms with Crippen LogP contribution in [0.5, 0.6) is 0 Å². The first kappa shape index (κ1) is 15.9. The predicted molar refractivity (Wildman–Crippen MR) is 93.9 cm³/mol. The van der Waals surface area contributed by atoms with Crippen molar-refractivity contribution in [3.63, 3.8) is 0 Å². The van der Waals surface area contributed by atoms with Crippen molar-refractivity contribution in [2.24, 2.45) is 4.99 Å². The van der Waals surface area contributed by atoms with Crippen LogP contribution >= 0.6 is 11.8 Å². The highest BCUT2D eigenvalue weighted by atomic mass is 32.2. The Morgan fingerprint density at radius 1 is 1.21 bits per heavy atom. The van der Waals surface area contributed by atoms with Crippen molar-refractivity contribution in [3.8, 4) is 0 Å². The van der Waals surface area contributed by atoms with Crippen molar-refractivity contribution in [1.82, 2.24) is 9.80 Å². The molecule has 0 radical (unpaired) electrons. The summed E-state index contributed by atoms with van der Waals surface area (Å²) in [6.45, 7) is 8.05. The van der Waals surface area contributed by atoms with E-state index in [0.717, 1.165) is 25.4 Å². The number of thioether (sulfide) groups is 1. The van der Waals surface area contributed by atoms with Crippen molar-refractivity contribution in [2.45, 2.75) is 17.9 Å². The van der Waals surface area contributed by atoms with E-state index in [9.17, 15) is 8.78 Å². The Morgan fingerprint density at radius 2 is 1.96 bits per heavy atom. The molecule has 128 valence electrons. The van der Waals surface area contributed by atoms with E-state index in [1.165, 1.54) is 18.7 Å². The normalized spacial score (nSPS) is 23.6. The number of hydrogen-bond acceptors (Lipinski definition) is 5. The SMILES string of the molecule is C=C1N=C2c3c(c(F)c(C)c(F)c3N1C)SCC1CN(C)CCN21. The standard InChI is InChI=1S/C17H20F2N4S/c1-9-13(18)15-12-16(14(9)19)24-8-11-7-21(3)5-6-23(11)17(12)20-10(2)22(15)4/h11H,2,5-8H2,1,3-4H3. The molecule has 3 aliphatic heterocycles. The van der Waals surface area contributed by atoms with Crippen molar-refractivity contribution in [2.75, 3.05) is 44.4 Å². The molecule has 0 N–H and O–H groups in total. The zero-order valence-electron chi connectivity index (χ0n) is 14.1. The van der Waals surface area contributed by atoms with Gasteiger partial charge in [0.1, 0.15) is 17.5 Å². The predicted octanol–water partition coefficient (Wildman–Crippen LogP) is 2.66. The molecule has 1 atom stereocenters. The Balaban J connectivity index is 1.98. The van der Waals surface area contributed by atoms with Crippen molar-refractivity contribution < 1.29 is 8.78 Å². The molecule has 1 fully saturated rings. The summed E-state index contributed by atoms with van der Waals surface area (Å²) >= 11 is 1.47. The van der Waals surface area contributed by atoms with Gasteiger partial charge in [0.05, 0.1) is 22.2 Å². The number of aliphatic imine (C=N–C) groups is 1. The molecule has 1 aromatic rings. The van der Waals surface area contributed by atoms with Crippen LogP contribution in [0.25, 0.3) is 0 Å². The number of anilines is 1. The van der Waals surface area contributed by atoms with Crippen LogP contribution < -0.4 is 4.90 Å². The molecule has 0 spiro atoms. The lowest BCUT2D eigenvalue weighted by Gasteiger charge is -2.42. The molecule has 24 heavy (non-hydrogen) atoms. The zero-order chi connectivity index (χ0) is 17.2. The largest absolute Gasteiger partial charge is 0.350 e. The van der Waals surface area contributed by atoms with E-state index in [1.54, 1.807) is 11.9 Å². The lowest BCUT2D eigenvalue weighted by molar-refractivity contribution is 0.165. The van der Waals surface area contributed by atoms with Gasteiger partial charge in [-0.2, -0.15) is 0 Å². The Morgan fingerprint density at radius 3 is 2.71 bits per heavy atom. The van der Waals surface area contributed by atoms with Crippen molar-refractivity contribution >= 4 is 23.3 Å². The third kappa shape index (κ3) is 2.10. The van der Waals surface area contributed by atoms with Crippen LogP contribution in [0.15, 0.2) is 22.3 Å². The molecule has 0 saturated carbocycles. The highest BCUT2D eigenvalue weighted by Gasteiger charge is 2.39. The van der Waals surface area contributed by atoms with Crippen LogP contribution in [0.1, 0.15) is 11.1 Å². The second-order valence-corrected chi connectivity index (χ2v) is 7.67. The third-order valence-electron chi connectivity index (χ3n) is 5.09. The smallest absolute Gasteiger partial charge is 0.153 e. The fourth-order valence-corrected chi connectivity index (χ4v) is 4.89. The average molecular weight is 350 g/mol. The van der Waals surface area contributed by atoms with E-state index in [2.05, 4.69) is 28.4 Å². The number of benzene rings is 1. The molecular formula is C17H20F2N4S. The van der Waals surface area contributed by atoms with Crippen LogP contribution in [0, 0.1) is 18.6 Å². The quantitative estimate of drug-likeness (QED) is 0.717. The number of fused-ring (bicyclic) bond motifs is 2. The maximum Gasteiger partial charge on any atom is 0.153 e. The Labute approximate surface area is 144 Å². The number of likely N-dealkylation sites (N-methyl/N-ethyl adjacent to an activating group) is 1. The Bertz CT molecular complexity index is 777. The minimum atomic E-state index is -0.518. The molecular weight excluding hydrogens is 330 g/mol. The van der Waals surface area contributed by atoms with Gasteiger partial charge in [0.15, 0.2) is 5.82 Å². The van der Waals surface area contributed by atoms with Gasteiger partial charge in [-0.25, -0.2) is 13.8 Å². The minimum absolute atomic E-state index is 0.0640. The first-order valence-corrected chi connectivity index (χ1v) is 9.00. The van der Waals surface area contributed by atoms with Crippen LogP contribution in [0.2, 0.25) is 0 Å². The van der Waals surface area contributed by atoms with Crippen LogP contribution in [-0.4, -0.2) is 61.2 Å². The maximum atomic E-state index is 14.9. The lowest BCUT2D eigenvalue weighted by Crippen LogP contribution is -2.55. The van der Waals surface area contributed by atoms with Gasteiger partial charge >= 0.3 is 0 Å².